The molecule has 1 N–H and O–H groups in total. The van der Waals surface area contributed by atoms with Gasteiger partial charge in [0.2, 0.25) is 5.91 Å². The van der Waals surface area contributed by atoms with Crippen LogP contribution < -0.4 is 5.32 Å². The summed E-state index contributed by atoms with van der Waals surface area (Å²) in [4.78, 5) is 37.9. The maximum atomic E-state index is 13.1. The highest BCUT2D eigenvalue weighted by atomic mass is 32.1. The van der Waals surface area contributed by atoms with Crippen molar-refractivity contribution in [2.24, 2.45) is 0 Å². The van der Waals surface area contributed by atoms with Crippen LogP contribution in [0.15, 0.2) is 11.4 Å². The molecule has 168 valence electrons. The van der Waals surface area contributed by atoms with Crippen LogP contribution >= 0.6 is 11.3 Å². The molecule has 0 aromatic carbocycles. The van der Waals surface area contributed by atoms with Crippen molar-refractivity contribution in [1.29, 1.82) is 0 Å². The van der Waals surface area contributed by atoms with Crippen molar-refractivity contribution < 1.29 is 32.3 Å². The van der Waals surface area contributed by atoms with Gasteiger partial charge in [0.25, 0.3) is 0 Å². The number of halogens is 3. The number of nitrogens with one attached hydrogen (secondary N) is 1. The van der Waals surface area contributed by atoms with E-state index >= 15 is 0 Å². The van der Waals surface area contributed by atoms with Crippen LogP contribution in [0.1, 0.15) is 50.5 Å². The van der Waals surface area contributed by atoms with Crippen LogP contribution in [0, 0.1) is 0 Å². The van der Waals surface area contributed by atoms with E-state index in [1.807, 2.05) is 0 Å². The number of hydrogen-bond donors (Lipinski definition) is 1. The van der Waals surface area contributed by atoms with E-state index in [-0.39, 0.29) is 18.5 Å². The number of amides is 4. The highest BCUT2D eigenvalue weighted by Gasteiger charge is 2.38. The van der Waals surface area contributed by atoms with Crippen molar-refractivity contribution in [3.63, 3.8) is 0 Å². The molecule has 1 saturated heterocycles. The lowest BCUT2D eigenvalue weighted by molar-refractivity contribution is -0.137. The first-order valence-corrected chi connectivity index (χ1v) is 10.5. The summed E-state index contributed by atoms with van der Waals surface area (Å²) < 4.78 is 44.3. The monoisotopic (exact) mass is 449 g/mol. The molecule has 4 amide bonds. The SMILES string of the molecule is CC(C)(C)OC(=O)NCCCCN1CCC(=O)N(Cc2ccsc2C(F)(F)F)C1=O. The Kier molecular flexibility index (Phi) is 7.73. The quantitative estimate of drug-likeness (QED) is 0.632. The maximum absolute atomic E-state index is 13.1. The fourth-order valence-corrected chi connectivity index (χ4v) is 3.70. The third-order valence-electron chi connectivity index (χ3n) is 4.25. The number of carbonyl (C=O) groups excluding carboxylic acids is 3. The highest BCUT2D eigenvalue weighted by Crippen LogP contribution is 2.36. The smallest absolute Gasteiger partial charge is 0.425 e. The molecule has 7 nitrogen and oxygen atoms in total. The Bertz CT molecular complexity index is 774. The first-order valence-electron chi connectivity index (χ1n) is 9.58. The Morgan fingerprint density at radius 2 is 1.93 bits per heavy atom. The molecule has 0 unspecified atom stereocenters. The highest BCUT2D eigenvalue weighted by molar-refractivity contribution is 7.10. The molecule has 0 aliphatic carbocycles. The largest absolute Gasteiger partial charge is 0.444 e. The summed E-state index contributed by atoms with van der Waals surface area (Å²) in [6.45, 7) is 5.81. The number of alkyl halides is 3. The average Bonchev–Trinajstić information content (AvgIpc) is 3.07. The molecule has 0 radical (unpaired) electrons. The van der Waals surface area contributed by atoms with Crippen LogP contribution in [0.5, 0.6) is 0 Å². The first kappa shape index (κ1) is 24.0. The maximum Gasteiger partial charge on any atom is 0.425 e. The number of ether oxygens (including phenoxy) is 1. The van der Waals surface area contributed by atoms with Crippen molar-refractivity contribution in [3.05, 3.63) is 21.9 Å². The molecule has 11 heteroatoms. The van der Waals surface area contributed by atoms with E-state index in [2.05, 4.69) is 5.32 Å². The van der Waals surface area contributed by atoms with E-state index in [1.54, 1.807) is 20.8 Å². The van der Waals surface area contributed by atoms with Crippen LogP contribution in [0.4, 0.5) is 22.8 Å². The summed E-state index contributed by atoms with van der Waals surface area (Å²) in [5.74, 6) is -0.484. The van der Waals surface area contributed by atoms with Crippen LogP contribution in [-0.2, 0) is 22.3 Å². The Hall–Kier alpha value is -2.30. The molecular formula is C19H26F3N3O4S. The second-order valence-corrected chi connectivity index (χ2v) is 8.82. The minimum absolute atomic E-state index is 0.0629. The molecule has 0 saturated carbocycles. The molecule has 0 bridgehead atoms. The minimum atomic E-state index is -4.52. The summed E-state index contributed by atoms with van der Waals surface area (Å²) in [5, 5.41) is 3.92. The zero-order valence-electron chi connectivity index (χ0n) is 17.2. The number of imide groups is 1. The topological polar surface area (TPSA) is 79.0 Å². The summed E-state index contributed by atoms with van der Waals surface area (Å²) in [6.07, 6.45) is -3.83. The zero-order valence-corrected chi connectivity index (χ0v) is 18.0. The van der Waals surface area contributed by atoms with Gasteiger partial charge >= 0.3 is 18.3 Å². The van der Waals surface area contributed by atoms with Crippen molar-refractivity contribution in [2.75, 3.05) is 19.6 Å². The van der Waals surface area contributed by atoms with E-state index in [0.29, 0.717) is 37.3 Å². The molecular weight excluding hydrogens is 423 g/mol. The molecule has 1 aliphatic rings. The van der Waals surface area contributed by atoms with Crippen LogP contribution in [0.2, 0.25) is 0 Å². The molecule has 1 aromatic rings. The fourth-order valence-electron chi connectivity index (χ4n) is 2.91. The van der Waals surface area contributed by atoms with Gasteiger partial charge in [0.05, 0.1) is 6.54 Å². The van der Waals surface area contributed by atoms with Crippen molar-refractivity contribution in [2.45, 2.75) is 58.4 Å². The number of hydrogen-bond acceptors (Lipinski definition) is 5. The Morgan fingerprint density at radius 3 is 2.57 bits per heavy atom. The standard InChI is InChI=1S/C19H26F3N3O4S/c1-18(2,3)29-16(27)23-8-4-5-9-24-10-6-14(26)25(17(24)28)12-13-7-11-30-15(13)19(20,21)22/h7,11H,4-6,8-10,12H2,1-3H3,(H,23,27). The van der Waals surface area contributed by atoms with E-state index in [1.165, 1.54) is 16.3 Å². The number of rotatable bonds is 7. The number of nitrogens with zero attached hydrogens (tertiary/aromatic N) is 2. The molecule has 1 aliphatic heterocycles. The van der Waals surface area contributed by atoms with Crippen molar-refractivity contribution in [3.8, 4) is 0 Å². The summed E-state index contributed by atoms with van der Waals surface area (Å²) in [7, 11) is 0. The minimum Gasteiger partial charge on any atom is -0.444 e. The Morgan fingerprint density at radius 1 is 1.23 bits per heavy atom. The number of thiophene rings is 1. The second-order valence-electron chi connectivity index (χ2n) is 7.91. The third kappa shape index (κ3) is 6.89. The number of urea groups is 1. The number of alkyl carbamates (subject to hydrolysis) is 1. The predicted molar refractivity (Wildman–Crippen MR) is 105 cm³/mol. The molecule has 2 rings (SSSR count). The lowest BCUT2D eigenvalue weighted by Crippen LogP contribution is -2.52. The van der Waals surface area contributed by atoms with Gasteiger partial charge in [-0.2, -0.15) is 13.2 Å². The summed E-state index contributed by atoms with van der Waals surface area (Å²) >= 11 is 0.541. The lowest BCUT2D eigenvalue weighted by Gasteiger charge is -2.34. The Labute approximate surface area is 177 Å². The van der Waals surface area contributed by atoms with Crippen molar-refractivity contribution in [1.82, 2.24) is 15.1 Å². The van der Waals surface area contributed by atoms with Crippen LogP contribution in [0.25, 0.3) is 0 Å². The zero-order chi connectivity index (χ0) is 22.5. The van der Waals surface area contributed by atoms with Gasteiger partial charge in [0.15, 0.2) is 0 Å². The summed E-state index contributed by atoms with van der Waals surface area (Å²) in [5.41, 5.74) is -0.674. The summed E-state index contributed by atoms with van der Waals surface area (Å²) in [6, 6.07) is 0.695. The third-order valence-corrected chi connectivity index (χ3v) is 5.26. The van der Waals surface area contributed by atoms with Gasteiger partial charge in [-0.25, -0.2) is 9.59 Å². The first-order chi connectivity index (χ1) is 13.9. The Balaban J connectivity index is 1.84. The van der Waals surface area contributed by atoms with Crippen LogP contribution in [0.3, 0.4) is 0 Å². The number of carbonyl (C=O) groups is 3. The average molecular weight is 449 g/mol. The fraction of sp³-hybridized carbons (Fsp3) is 0.632. The predicted octanol–water partition coefficient (Wildman–Crippen LogP) is 4.23. The molecule has 1 fully saturated rings. The van der Waals surface area contributed by atoms with Gasteiger partial charge in [-0.1, -0.05) is 0 Å². The lowest BCUT2D eigenvalue weighted by atomic mass is 10.2. The molecule has 2 heterocycles. The van der Waals surface area contributed by atoms with Gasteiger partial charge in [0.1, 0.15) is 10.5 Å². The van der Waals surface area contributed by atoms with Crippen LogP contribution in [-0.4, -0.2) is 53.1 Å². The van der Waals surface area contributed by atoms with Crippen molar-refractivity contribution >= 4 is 29.4 Å². The van der Waals surface area contributed by atoms with E-state index in [4.69, 9.17) is 4.74 Å². The van der Waals surface area contributed by atoms with Gasteiger partial charge in [0, 0.05) is 26.1 Å². The van der Waals surface area contributed by atoms with Gasteiger partial charge in [-0.15, -0.1) is 11.3 Å². The van der Waals surface area contributed by atoms with Gasteiger partial charge in [-0.3, -0.25) is 9.69 Å². The molecule has 0 spiro atoms. The molecule has 0 atom stereocenters. The van der Waals surface area contributed by atoms with Gasteiger partial charge in [-0.05, 0) is 50.6 Å². The van der Waals surface area contributed by atoms with E-state index in [9.17, 15) is 27.6 Å². The van der Waals surface area contributed by atoms with Gasteiger partial charge < -0.3 is 15.0 Å². The normalized spacial score (nSPS) is 15.5. The molecule has 1 aromatic heterocycles. The number of unbranched alkanes of at least 4 members (excludes halogenated alkanes) is 1. The molecule has 30 heavy (non-hydrogen) atoms. The second kappa shape index (κ2) is 9.67. The van der Waals surface area contributed by atoms with E-state index < -0.39 is 41.2 Å². The van der Waals surface area contributed by atoms with E-state index in [0.717, 1.165) is 4.90 Å².